The van der Waals surface area contributed by atoms with Crippen molar-refractivity contribution in [2.75, 3.05) is 34.9 Å². The number of hydrogen-bond acceptors (Lipinski definition) is 18. The Morgan fingerprint density at radius 2 is 1.77 bits per heavy atom. The Morgan fingerprint density at radius 3 is 2.45 bits per heavy atom. The zero-order valence-electron chi connectivity index (χ0n) is 42.0. The van der Waals surface area contributed by atoms with Gasteiger partial charge in [-0.05, 0) is 84.4 Å². The van der Waals surface area contributed by atoms with Crippen molar-refractivity contribution in [3.63, 3.8) is 0 Å². The SMILES string of the molecule is COc1c(OC(C)C)cc2cc(O)c(C(=O)NC3Cc4ccc(c(Cl)n4)O[C@H]4CC5C#CC(=CC#C[C@@H]6OC56[C@H]4O[C@H]4C[C@@](C)(O)[C@@H](O)C(C)O4)C(O[C@H]4C[C@H](O)[C@H](N(C)C)[C@H](C)O4)COC3=O)cc2c1OC. The van der Waals surface area contributed by atoms with Crippen molar-refractivity contribution in [3.05, 3.63) is 58.4 Å². The lowest BCUT2D eigenvalue weighted by Crippen LogP contribution is -2.57. The van der Waals surface area contributed by atoms with Gasteiger partial charge in [0.25, 0.3) is 5.91 Å². The van der Waals surface area contributed by atoms with E-state index >= 15 is 0 Å². The normalized spacial score (nSPS) is 34.7. The maximum Gasteiger partial charge on any atom is 0.329 e. The summed E-state index contributed by atoms with van der Waals surface area (Å²) in [4.78, 5) is 35.4. The summed E-state index contributed by atoms with van der Waals surface area (Å²) in [6.07, 6.45) is -7.31. The number of amides is 1. The molecule has 1 spiro atoms. The molecular weight excluding hydrogens is 970 g/mol. The second-order valence-electron chi connectivity index (χ2n) is 20.1. The number of aliphatic hydroxyl groups is 3. The number of carbonyl (C=O) groups is 2. The monoisotopic (exact) mass is 1030 g/mol. The van der Waals surface area contributed by atoms with Gasteiger partial charge in [0, 0.05) is 48.4 Å². The van der Waals surface area contributed by atoms with E-state index < -0.39 is 109 Å². The van der Waals surface area contributed by atoms with Gasteiger partial charge in [0.15, 0.2) is 46.7 Å². The van der Waals surface area contributed by atoms with Crippen LogP contribution in [0.2, 0.25) is 5.15 Å². The van der Waals surface area contributed by atoms with Gasteiger partial charge in [0.2, 0.25) is 5.75 Å². The van der Waals surface area contributed by atoms with E-state index in [4.69, 9.17) is 59.0 Å². The molecule has 3 saturated heterocycles. The zero-order valence-corrected chi connectivity index (χ0v) is 42.8. The van der Waals surface area contributed by atoms with Crippen LogP contribution in [0.25, 0.3) is 10.8 Å². The molecule has 5 bridgehead atoms. The van der Waals surface area contributed by atoms with Crippen LogP contribution in [0.5, 0.6) is 28.7 Å². The number of aliphatic hydroxyl groups excluding tert-OH is 2. The lowest BCUT2D eigenvalue weighted by molar-refractivity contribution is -0.291. The van der Waals surface area contributed by atoms with E-state index in [1.165, 1.54) is 33.3 Å². The number of phenols is 1. The van der Waals surface area contributed by atoms with Crippen LogP contribution in [-0.4, -0.2) is 168 Å². The number of aromatic hydroxyl groups is 1. The van der Waals surface area contributed by atoms with Crippen molar-refractivity contribution >= 4 is 34.2 Å². The lowest BCUT2D eigenvalue weighted by atomic mass is 9.88. The van der Waals surface area contributed by atoms with E-state index in [1.54, 1.807) is 31.2 Å². The zero-order chi connectivity index (χ0) is 52.3. The van der Waals surface area contributed by atoms with Gasteiger partial charge in [-0.3, -0.25) is 4.79 Å². The molecule has 1 amide bonds. The number of epoxide rings is 1. The number of ether oxygens (including phenoxy) is 10. The first-order valence-electron chi connectivity index (χ1n) is 24.4. The third kappa shape index (κ3) is 10.4. The molecule has 20 heteroatoms. The van der Waals surface area contributed by atoms with Gasteiger partial charge in [-0.25, -0.2) is 9.78 Å². The number of nitrogens with zero attached hydrogens (tertiary/aromatic N) is 2. The van der Waals surface area contributed by atoms with Crippen LogP contribution in [0.1, 0.15) is 69.9 Å². The number of likely N-dealkylation sites (N-methyl/N-ethyl adjacent to an activating group) is 1. The second-order valence-corrected chi connectivity index (χ2v) is 20.4. The molecule has 2 aromatic carbocycles. The highest BCUT2D eigenvalue weighted by Crippen LogP contribution is 2.56. The number of benzene rings is 2. The summed E-state index contributed by atoms with van der Waals surface area (Å²) in [6, 6.07) is 5.89. The molecule has 15 atom stereocenters. The Kier molecular flexibility index (Phi) is 14.9. The molecule has 392 valence electrons. The summed E-state index contributed by atoms with van der Waals surface area (Å²) in [7, 11) is 6.60. The molecule has 5 aliphatic heterocycles. The standard InChI is InChI=1S/C53H62ClN3O16/c1-25(2)67-38-18-29-17-35(58)33(21-32(29)45(64-8)46(38)65-9)50(61)56-34-20-31-15-16-37(49(54)55-31)70-39-19-30-14-13-28(40(24-66-51(34)62)71-42-22-36(59)44(57(6)7)26(3)68-42)11-10-12-41-53(30,73-41)48(39)72-43-23-52(5,63)47(60)27(4)69-43/h11,15-18,21,25-27,30,34,36,39-44,47-48,58-60,63H,19-20,22-24H2,1-9H3,(H,56,61)/t26-,27?,30?,34?,36-,39-,40?,41-,42-,43-,44+,47-,48-,52+,53?/m0/s1. The molecule has 1 saturated carbocycles. The molecule has 6 heterocycles. The first-order valence-corrected chi connectivity index (χ1v) is 24.7. The molecule has 0 radical (unpaired) electrons. The van der Waals surface area contributed by atoms with Crippen LogP contribution in [-0.2, 0) is 39.6 Å². The summed E-state index contributed by atoms with van der Waals surface area (Å²) in [6.45, 7) is 8.26. The van der Waals surface area contributed by atoms with Gasteiger partial charge in [-0.2, -0.15) is 0 Å². The molecule has 7 aliphatic rings. The van der Waals surface area contributed by atoms with Crippen molar-refractivity contribution in [2.45, 2.75) is 151 Å². The molecule has 5 unspecified atom stereocenters. The predicted octanol–water partition coefficient (Wildman–Crippen LogP) is 3.59. The highest BCUT2D eigenvalue weighted by Gasteiger charge is 2.73. The number of methoxy groups -OCH3 is 2. The number of carbonyl (C=O) groups excluding carboxylic acids is 2. The lowest BCUT2D eigenvalue weighted by Gasteiger charge is -2.43. The van der Waals surface area contributed by atoms with Gasteiger partial charge in [0.1, 0.15) is 42.8 Å². The summed E-state index contributed by atoms with van der Waals surface area (Å²) in [5.41, 5.74) is -2.27. The fraction of sp³-hybridized carbons (Fsp3) is 0.566. The molecule has 10 rings (SSSR count). The van der Waals surface area contributed by atoms with E-state index in [-0.39, 0.29) is 71.5 Å². The number of aromatic nitrogens is 1. The molecule has 5 N–H and O–H groups in total. The van der Waals surface area contributed by atoms with E-state index in [9.17, 15) is 30.0 Å². The summed E-state index contributed by atoms with van der Waals surface area (Å²) >= 11 is 6.88. The number of esters is 1. The average molecular weight is 1030 g/mol. The number of nitrogens with one attached hydrogen (secondary N) is 1. The van der Waals surface area contributed by atoms with Crippen LogP contribution >= 0.6 is 11.6 Å². The number of pyridine rings is 1. The van der Waals surface area contributed by atoms with Crippen molar-refractivity contribution in [1.82, 2.24) is 15.2 Å². The fourth-order valence-corrected chi connectivity index (χ4v) is 10.9. The van der Waals surface area contributed by atoms with Crippen LogP contribution < -0.4 is 24.3 Å². The Labute approximate surface area is 428 Å². The van der Waals surface area contributed by atoms with Crippen molar-refractivity contribution in [1.29, 1.82) is 0 Å². The molecule has 73 heavy (non-hydrogen) atoms. The maximum absolute atomic E-state index is 14.5. The molecule has 19 nitrogen and oxygen atoms in total. The molecule has 3 aromatic rings. The smallest absolute Gasteiger partial charge is 0.329 e. The van der Waals surface area contributed by atoms with Gasteiger partial charge < -0.3 is 78.0 Å². The number of halogens is 1. The molecule has 1 aromatic heterocycles. The topological polar surface area (TPSA) is 239 Å². The summed E-state index contributed by atoms with van der Waals surface area (Å²) < 4.78 is 62.2. The van der Waals surface area contributed by atoms with Crippen molar-refractivity contribution < 1.29 is 77.4 Å². The Bertz CT molecular complexity index is 2770. The van der Waals surface area contributed by atoms with Gasteiger partial charge in [-0.1, -0.05) is 35.3 Å². The minimum absolute atomic E-state index is 0.0629. The van der Waals surface area contributed by atoms with Crippen LogP contribution in [0.15, 0.2) is 42.0 Å². The highest BCUT2D eigenvalue weighted by molar-refractivity contribution is 6.30. The molecular formula is C53H62ClN3O16. The van der Waals surface area contributed by atoms with Crippen LogP contribution in [0, 0.1) is 29.6 Å². The van der Waals surface area contributed by atoms with Crippen LogP contribution in [0.4, 0.5) is 0 Å². The number of allylic oxidation sites excluding steroid dienone is 1. The van der Waals surface area contributed by atoms with E-state index in [0.29, 0.717) is 22.1 Å². The average Bonchev–Trinajstić information content (AvgIpc) is 3.95. The van der Waals surface area contributed by atoms with Gasteiger partial charge >= 0.3 is 5.97 Å². The summed E-state index contributed by atoms with van der Waals surface area (Å²) in [5.74, 6) is 11.2. The first-order chi connectivity index (χ1) is 34.7. The Morgan fingerprint density at radius 1 is 1.01 bits per heavy atom. The Hall–Kier alpha value is -5.42. The van der Waals surface area contributed by atoms with Crippen molar-refractivity contribution in [3.8, 4) is 52.4 Å². The molecule has 4 fully saturated rings. The predicted molar refractivity (Wildman–Crippen MR) is 261 cm³/mol. The quantitative estimate of drug-likeness (QED) is 0.0798. The fourth-order valence-electron chi connectivity index (χ4n) is 10.7. The van der Waals surface area contributed by atoms with E-state index in [2.05, 4.69) is 34.0 Å². The number of hydrogen-bond donors (Lipinski definition) is 5. The highest BCUT2D eigenvalue weighted by atomic mass is 35.5. The largest absolute Gasteiger partial charge is 0.507 e. The second kappa shape index (κ2) is 20.7. The number of phenolic OH excluding ortho intramolecular Hbond substituents is 1. The minimum Gasteiger partial charge on any atom is -0.507 e. The van der Waals surface area contributed by atoms with Crippen LogP contribution in [0.3, 0.4) is 0 Å². The third-order valence-corrected chi connectivity index (χ3v) is 14.5. The van der Waals surface area contributed by atoms with E-state index in [0.717, 1.165) is 0 Å². The van der Waals surface area contributed by atoms with Gasteiger partial charge in [-0.15, -0.1) is 0 Å². The first kappa shape index (κ1) is 52.4. The van der Waals surface area contributed by atoms with Crippen molar-refractivity contribution in [2.24, 2.45) is 5.92 Å². The summed E-state index contributed by atoms with van der Waals surface area (Å²) in [5, 5.41) is 48.1. The maximum atomic E-state index is 14.5. The number of fused-ring (bicyclic) bond motifs is 8. The number of rotatable bonds is 11. The van der Waals surface area contributed by atoms with E-state index in [1.807, 2.05) is 39.8 Å². The third-order valence-electron chi connectivity index (χ3n) is 14.2. The molecule has 2 aliphatic carbocycles. The Balaban J connectivity index is 1.08. The van der Waals surface area contributed by atoms with Gasteiger partial charge in [0.05, 0.1) is 61.8 Å². The minimum atomic E-state index is -1.53.